The van der Waals surface area contributed by atoms with Crippen molar-refractivity contribution in [2.24, 2.45) is 5.92 Å². The fourth-order valence-electron chi connectivity index (χ4n) is 2.04. The van der Waals surface area contributed by atoms with Crippen molar-refractivity contribution >= 4 is 11.9 Å². The highest BCUT2D eigenvalue weighted by molar-refractivity contribution is 5.94. The number of amides is 3. The molecule has 0 saturated carbocycles. The third-order valence-corrected chi connectivity index (χ3v) is 3.10. The highest BCUT2D eigenvalue weighted by atomic mass is 19.4. The second kappa shape index (κ2) is 6.74. The number of piperidine rings is 1. The van der Waals surface area contributed by atoms with Crippen LogP contribution in [0, 0.1) is 5.92 Å². The predicted molar refractivity (Wildman–Crippen MR) is 62.4 cm³/mol. The minimum absolute atomic E-state index is 0.0119. The number of hydrogen-bond donors (Lipinski definition) is 2. The molecule has 19 heavy (non-hydrogen) atoms. The van der Waals surface area contributed by atoms with Crippen molar-refractivity contribution in [1.82, 2.24) is 15.5 Å². The van der Waals surface area contributed by atoms with Gasteiger partial charge in [-0.1, -0.05) is 0 Å². The van der Waals surface area contributed by atoms with Crippen LogP contribution in [-0.2, 0) is 4.79 Å². The highest BCUT2D eigenvalue weighted by Gasteiger charge is 2.41. The van der Waals surface area contributed by atoms with E-state index in [2.05, 4.69) is 10.6 Å². The van der Waals surface area contributed by atoms with Crippen LogP contribution in [0.15, 0.2) is 0 Å². The second-order valence-corrected chi connectivity index (χ2v) is 4.56. The Kier molecular flexibility index (Phi) is 5.59. The van der Waals surface area contributed by atoms with Gasteiger partial charge in [0.15, 0.2) is 0 Å². The van der Waals surface area contributed by atoms with Crippen molar-refractivity contribution in [3.05, 3.63) is 0 Å². The van der Waals surface area contributed by atoms with Crippen molar-refractivity contribution in [3.8, 4) is 0 Å². The van der Waals surface area contributed by atoms with Gasteiger partial charge in [0.25, 0.3) is 0 Å². The summed E-state index contributed by atoms with van der Waals surface area (Å²) in [5.41, 5.74) is 0. The molecule has 0 unspecified atom stereocenters. The van der Waals surface area contributed by atoms with Crippen LogP contribution in [0.5, 0.6) is 0 Å². The van der Waals surface area contributed by atoms with E-state index in [-0.39, 0.29) is 25.9 Å². The smallest absolute Gasteiger partial charge is 0.341 e. The van der Waals surface area contributed by atoms with Gasteiger partial charge >= 0.3 is 12.2 Å². The SMILES string of the molecule is CNC(=O)NC(=O)CCN1CCC[C@H](C(F)(F)F)C1. The normalized spacial score (nSPS) is 20.9. The van der Waals surface area contributed by atoms with E-state index >= 15 is 0 Å². The van der Waals surface area contributed by atoms with E-state index in [0.717, 1.165) is 0 Å². The Morgan fingerprint density at radius 2 is 2.05 bits per heavy atom. The standard InChI is InChI=1S/C11H18F3N3O2/c1-15-10(19)16-9(18)4-6-17-5-2-3-8(7-17)11(12,13)14/h8H,2-7H2,1H3,(H2,15,16,18,19)/t8-/m0/s1. The Balaban J connectivity index is 2.33. The number of urea groups is 1. The maximum absolute atomic E-state index is 12.6. The fraction of sp³-hybridized carbons (Fsp3) is 0.818. The molecule has 1 rings (SSSR count). The first-order chi connectivity index (χ1) is 8.82. The highest BCUT2D eigenvalue weighted by Crippen LogP contribution is 2.32. The number of alkyl halides is 3. The quantitative estimate of drug-likeness (QED) is 0.814. The van der Waals surface area contributed by atoms with Crippen LogP contribution in [-0.4, -0.2) is 49.7 Å². The molecule has 0 bridgehead atoms. The summed E-state index contributed by atoms with van der Waals surface area (Å²) >= 11 is 0. The number of imide groups is 1. The lowest BCUT2D eigenvalue weighted by Gasteiger charge is -2.33. The van der Waals surface area contributed by atoms with Gasteiger partial charge in [0.2, 0.25) is 5.91 Å². The molecule has 0 aromatic rings. The molecule has 0 aromatic heterocycles. The first-order valence-electron chi connectivity index (χ1n) is 6.13. The van der Waals surface area contributed by atoms with E-state index in [0.29, 0.717) is 13.0 Å². The number of nitrogens with one attached hydrogen (secondary N) is 2. The van der Waals surface area contributed by atoms with Crippen LogP contribution < -0.4 is 10.6 Å². The van der Waals surface area contributed by atoms with Crippen molar-refractivity contribution in [2.45, 2.75) is 25.4 Å². The molecule has 8 heteroatoms. The zero-order valence-corrected chi connectivity index (χ0v) is 10.7. The van der Waals surface area contributed by atoms with Gasteiger partial charge in [-0.3, -0.25) is 10.1 Å². The molecule has 1 heterocycles. The average Bonchev–Trinajstić information content (AvgIpc) is 2.35. The number of likely N-dealkylation sites (tertiary alicyclic amines) is 1. The van der Waals surface area contributed by atoms with Crippen molar-refractivity contribution in [2.75, 3.05) is 26.7 Å². The van der Waals surface area contributed by atoms with Crippen molar-refractivity contribution in [3.63, 3.8) is 0 Å². The number of rotatable bonds is 3. The average molecular weight is 281 g/mol. The van der Waals surface area contributed by atoms with Crippen molar-refractivity contribution in [1.29, 1.82) is 0 Å². The first kappa shape index (κ1) is 15.7. The Bertz CT molecular complexity index is 334. The molecule has 0 aromatic carbocycles. The van der Waals surface area contributed by atoms with E-state index in [4.69, 9.17) is 0 Å². The molecule has 2 N–H and O–H groups in total. The summed E-state index contributed by atoms with van der Waals surface area (Å²) in [6, 6.07) is -0.614. The van der Waals surface area contributed by atoms with Crippen molar-refractivity contribution < 1.29 is 22.8 Å². The predicted octanol–water partition coefficient (Wildman–Crippen LogP) is 1.11. The maximum Gasteiger partial charge on any atom is 0.393 e. The summed E-state index contributed by atoms with van der Waals surface area (Å²) in [4.78, 5) is 23.8. The summed E-state index contributed by atoms with van der Waals surface area (Å²) in [6.07, 6.45) is -3.55. The van der Waals surface area contributed by atoms with Crippen LogP contribution in [0.2, 0.25) is 0 Å². The van der Waals surface area contributed by atoms with E-state index in [1.165, 1.54) is 7.05 Å². The third kappa shape index (κ3) is 5.46. The number of nitrogens with zero attached hydrogens (tertiary/aromatic N) is 1. The zero-order valence-electron chi connectivity index (χ0n) is 10.7. The van der Waals surface area contributed by atoms with E-state index in [1.807, 2.05) is 0 Å². The summed E-state index contributed by atoms with van der Waals surface area (Å²) in [7, 11) is 1.38. The minimum atomic E-state index is -4.18. The summed E-state index contributed by atoms with van der Waals surface area (Å²) in [6.45, 7) is 0.714. The Morgan fingerprint density at radius 3 is 2.63 bits per heavy atom. The van der Waals surface area contributed by atoms with Gasteiger partial charge in [0.1, 0.15) is 0 Å². The second-order valence-electron chi connectivity index (χ2n) is 4.56. The molecule has 1 saturated heterocycles. The lowest BCUT2D eigenvalue weighted by molar-refractivity contribution is -0.186. The molecule has 0 spiro atoms. The molecule has 110 valence electrons. The van der Waals surface area contributed by atoms with Gasteiger partial charge in [0, 0.05) is 26.6 Å². The number of hydrogen-bond acceptors (Lipinski definition) is 3. The minimum Gasteiger partial charge on any atom is -0.341 e. The summed E-state index contributed by atoms with van der Waals surface area (Å²) < 4.78 is 37.7. The molecule has 0 radical (unpaired) electrons. The Labute approximate surface area is 109 Å². The van der Waals surface area contributed by atoms with Gasteiger partial charge < -0.3 is 10.2 Å². The van der Waals surface area contributed by atoms with Gasteiger partial charge in [0.05, 0.1) is 5.92 Å². The van der Waals surface area contributed by atoms with Gasteiger partial charge in [-0.05, 0) is 19.4 Å². The fourth-order valence-corrected chi connectivity index (χ4v) is 2.04. The molecule has 5 nitrogen and oxygen atoms in total. The van der Waals surface area contributed by atoms with Crippen LogP contribution in [0.1, 0.15) is 19.3 Å². The largest absolute Gasteiger partial charge is 0.393 e. The van der Waals surface area contributed by atoms with E-state index in [9.17, 15) is 22.8 Å². The molecular weight excluding hydrogens is 263 g/mol. The Hall–Kier alpha value is -1.31. The third-order valence-electron chi connectivity index (χ3n) is 3.10. The first-order valence-corrected chi connectivity index (χ1v) is 6.13. The molecular formula is C11H18F3N3O2. The molecule has 1 atom stereocenters. The van der Waals surface area contributed by atoms with Crippen LogP contribution >= 0.6 is 0 Å². The number of halogens is 3. The zero-order chi connectivity index (χ0) is 14.5. The van der Waals surface area contributed by atoms with E-state index in [1.54, 1.807) is 4.90 Å². The van der Waals surface area contributed by atoms with Crippen LogP contribution in [0.3, 0.4) is 0 Å². The Morgan fingerprint density at radius 1 is 1.37 bits per heavy atom. The monoisotopic (exact) mass is 281 g/mol. The van der Waals surface area contributed by atoms with Gasteiger partial charge in [-0.25, -0.2) is 4.79 Å². The molecule has 1 aliphatic rings. The lowest BCUT2D eigenvalue weighted by Crippen LogP contribution is -2.44. The molecule has 1 aliphatic heterocycles. The summed E-state index contributed by atoms with van der Waals surface area (Å²) in [5.74, 6) is -1.81. The van der Waals surface area contributed by atoms with E-state index < -0.39 is 24.0 Å². The van der Waals surface area contributed by atoms with Crippen LogP contribution in [0.25, 0.3) is 0 Å². The van der Waals surface area contributed by atoms with Crippen LogP contribution in [0.4, 0.5) is 18.0 Å². The lowest BCUT2D eigenvalue weighted by atomic mass is 9.97. The van der Waals surface area contributed by atoms with Gasteiger partial charge in [-0.2, -0.15) is 13.2 Å². The topological polar surface area (TPSA) is 61.4 Å². The maximum atomic E-state index is 12.6. The molecule has 1 fully saturated rings. The molecule has 0 aliphatic carbocycles. The number of carbonyl (C=O) groups excluding carboxylic acids is 2. The number of carbonyl (C=O) groups is 2. The van der Waals surface area contributed by atoms with Gasteiger partial charge in [-0.15, -0.1) is 0 Å². The molecule has 3 amide bonds. The summed E-state index contributed by atoms with van der Waals surface area (Å²) in [5, 5.41) is 4.30.